The van der Waals surface area contributed by atoms with Gasteiger partial charge in [0.05, 0.1) is 18.6 Å². The number of hydrogen-bond donors (Lipinski definition) is 2. The summed E-state index contributed by atoms with van der Waals surface area (Å²) in [6, 6.07) is 19.1. The Morgan fingerprint density at radius 1 is 1.12 bits per heavy atom. The molecule has 0 radical (unpaired) electrons. The van der Waals surface area contributed by atoms with E-state index in [2.05, 4.69) is 10.6 Å². The molecule has 0 heterocycles. The molecular formula is C20H17ClN2O2S. The molecule has 0 aliphatic heterocycles. The molecule has 0 aliphatic rings. The second-order valence-corrected chi connectivity index (χ2v) is 6.48. The lowest BCUT2D eigenvalue weighted by molar-refractivity contribution is -0.119. The van der Waals surface area contributed by atoms with E-state index in [9.17, 15) is 4.79 Å². The van der Waals surface area contributed by atoms with Crippen LogP contribution in [0.2, 0.25) is 5.02 Å². The predicted octanol–water partition coefficient (Wildman–Crippen LogP) is 4.56. The molecule has 4 nitrogen and oxygen atoms in total. The van der Waals surface area contributed by atoms with E-state index in [-0.39, 0.29) is 17.4 Å². The fourth-order valence-corrected chi connectivity index (χ4v) is 3.19. The Balaban J connectivity index is 1.64. The number of hydrogen-bond acceptors (Lipinski definition) is 3. The monoisotopic (exact) mass is 384 g/mol. The fourth-order valence-electron chi connectivity index (χ4n) is 2.70. The molecule has 3 aromatic carbocycles. The maximum absolute atomic E-state index is 12.3. The highest BCUT2D eigenvalue weighted by Crippen LogP contribution is 2.27. The summed E-state index contributed by atoms with van der Waals surface area (Å²) in [4.78, 5) is 12.3. The molecule has 3 rings (SSSR count). The van der Waals surface area contributed by atoms with Crippen molar-refractivity contribution in [1.82, 2.24) is 5.32 Å². The third-order valence-corrected chi connectivity index (χ3v) is 4.39. The van der Waals surface area contributed by atoms with Gasteiger partial charge in [-0.3, -0.25) is 4.79 Å². The van der Waals surface area contributed by atoms with Crippen molar-refractivity contribution in [3.63, 3.8) is 0 Å². The second kappa shape index (κ2) is 8.17. The maximum atomic E-state index is 12.3. The molecule has 0 unspecified atom stereocenters. The summed E-state index contributed by atoms with van der Waals surface area (Å²) < 4.78 is 5.11. The van der Waals surface area contributed by atoms with Crippen LogP contribution in [0, 0.1) is 0 Å². The van der Waals surface area contributed by atoms with Crippen LogP contribution >= 0.6 is 23.8 Å². The van der Waals surface area contributed by atoms with E-state index in [0.29, 0.717) is 16.5 Å². The summed E-state index contributed by atoms with van der Waals surface area (Å²) in [5.41, 5.74) is 1.63. The summed E-state index contributed by atoms with van der Waals surface area (Å²) in [5.74, 6) is 0.390. The van der Waals surface area contributed by atoms with Gasteiger partial charge in [0, 0.05) is 5.69 Å². The molecule has 0 aromatic heterocycles. The minimum atomic E-state index is -0.182. The van der Waals surface area contributed by atoms with Crippen molar-refractivity contribution >= 4 is 51.3 Å². The first-order valence-corrected chi connectivity index (χ1v) is 8.76. The van der Waals surface area contributed by atoms with Crippen LogP contribution < -0.4 is 15.4 Å². The van der Waals surface area contributed by atoms with E-state index in [0.717, 1.165) is 16.3 Å². The topological polar surface area (TPSA) is 50.4 Å². The summed E-state index contributed by atoms with van der Waals surface area (Å²) >= 11 is 11.3. The minimum absolute atomic E-state index is 0.182. The molecular weight excluding hydrogens is 368 g/mol. The Hall–Kier alpha value is -2.63. The van der Waals surface area contributed by atoms with Crippen LogP contribution in [0.3, 0.4) is 0 Å². The molecule has 0 saturated carbocycles. The summed E-state index contributed by atoms with van der Waals surface area (Å²) in [5, 5.41) is 8.49. The number of methoxy groups -OCH3 is 1. The van der Waals surface area contributed by atoms with Crippen LogP contribution in [0.1, 0.15) is 5.56 Å². The molecule has 0 spiro atoms. The number of benzene rings is 3. The highest BCUT2D eigenvalue weighted by atomic mass is 35.5. The smallest absolute Gasteiger partial charge is 0.230 e. The van der Waals surface area contributed by atoms with Crippen molar-refractivity contribution in [1.29, 1.82) is 0 Å². The molecule has 2 N–H and O–H groups in total. The fraction of sp³-hybridized carbons (Fsp3) is 0.100. The number of carbonyl (C=O) groups excluding carboxylic acids is 1. The highest BCUT2D eigenvalue weighted by molar-refractivity contribution is 7.80. The van der Waals surface area contributed by atoms with E-state index < -0.39 is 0 Å². The van der Waals surface area contributed by atoms with E-state index in [1.54, 1.807) is 25.3 Å². The summed E-state index contributed by atoms with van der Waals surface area (Å²) in [6.45, 7) is 0. The first-order chi connectivity index (χ1) is 12.6. The third kappa shape index (κ3) is 4.31. The molecule has 0 atom stereocenters. The number of carbonyl (C=O) groups is 1. The standard InChI is InChI=1S/C20H17ClN2O2S/c1-25-18-10-9-15(12-17(18)21)22-20(26)23-19(24)11-14-7-4-6-13-5-2-3-8-16(13)14/h2-10,12H,11H2,1H3,(H2,22,23,24,26). The lowest BCUT2D eigenvalue weighted by Gasteiger charge is -2.12. The van der Waals surface area contributed by atoms with Gasteiger partial charge in [-0.25, -0.2) is 0 Å². The number of anilines is 1. The normalized spacial score (nSPS) is 10.4. The molecule has 0 aliphatic carbocycles. The Labute approximate surface area is 162 Å². The third-order valence-electron chi connectivity index (χ3n) is 3.89. The highest BCUT2D eigenvalue weighted by Gasteiger charge is 2.09. The number of amides is 1. The van der Waals surface area contributed by atoms with Gasteiger partial charge < -0.3 is 15.4 Å². The number of halogens is 1. The van der Waals surface area contributed by atoms with Crippen LogP contribution in [0.25, 0.3) is 10.8 Å². The Morgan fingerprint density at radius 2 is 1.88 bits per heavy atom. The first kappa shape index (κ1) is 18.2. The number of thiocarbonyl (C=S) groups is 1. The van der Waals surface area contributed by atoms with Crippen molar-refractivity contribution in [3.8, 4) is 5.75 Å². The zero-order valence-electron chi connectivity index (χ0n) is 14.1. The Morgan fingerprint density at radius 3 is 2.65 bits per heavy atom. The van der Waals surface area contributed by atoms with Crippen molar-refractivity contribution < 1.29 is 9.53 Å². The Kier molecular flexibility index (Phi) is 5.71. The number of nitrogens with one attached hydrogen (secondary N) is 2. The molecule has 1 amide bonds. The average Bonchev–Trinajstić information content (AvgIpc) is 2.62. The lowest BCUT2D eigenvalue weighted by atomic mass is 10.0. The van der Waals surface area contributed by atoms with Crippen molar-refractivity contribution in [3.05, 3.63) is 71.2 Å². The number of ether oxygens (including phenoxy) is 1. The minimum Gasteiger partial charge on any atom is -0.495 e. The molecule has 0 bridgehead atoms. The van der Waals surface area contributed by atoms with Gasteiger partial charge in [-0.2, -0.15) is 0 Å². The largest absolute Gasteiger partial charge is 0.495 e. The number of rotatable bonds is 4. The van der Waals surface area contributed by atoms with Gasteiger partial charge in [-0.05, 0) is 46.8 Å². The van der Waals surface area contributed by atoms with Crippen LogP contribution in [0.4, 0.5) is 5.69 Å². The van der Waals surface area contributed by atoms with Crippen molar-refractivity contribution in [2.75, 3.05) is 12.4 Å². The van der Waals surface area contributed by atoms with E-state index in [4.69, 9.17) is 28.6 Å². The SMILES string of the molecule is COc1ccc(NC(=S)NC(=O)Cc2cccc3ccccc23)cc1Cl. The van der Waals surface area contributed by atoms with Crippen molar-refractivity contribution in [2.45, 2.75) is 6.42 Å². The molecule has 132 valence electrons. The van der Waals surface area contributed by atoms with E-state index in [1.807, 2.05) is 42.5 Å². The van der Waals surface area contributed by atoms with Gasteiger partial charge in [0.25, 0.3) is 0 Å². The maximum Gasteiger partial charge on any atom is 0.230 e. The van der Waals surface area contributed by atoms with E-state index >= 15 is 0 Å². The molecule has 3 aromatic rings. The van der Waals surface area contributed by atoms with Gasteiger partial charge in [0.1, 0.15) is 5.75 Å². The average molecular weight is 385 g/mol. The van der Waals surface area contributed by atoms with Crippen LogP contribution in [0.5, 0.6) is 5.75 Å². The van der Waals surface area contributed by atoms with Gasteiger partial charge in [-0.1, -0.05) is 54.1 Å². The van der Waals surface area contributed by atoms with Crippen LogP contribution in [-0.2, 0) is 11.2 Å². The molecule has 0 fully saturated rings. The quantitative estimate of drug-likeness (QED) is 0.647. The van der Waals surface area contributed by atoms with E-state index in [1.165, 1.54) is 0 Å². The van der Waals surface area contributed by atoms with Crippen LogP contribution in [-0.4, -0.2) is 18.1 Å². The van der Waals surface area contributed by atoms with Gasteiger partial charge in [0.15, 0.2) is 5.11 Å². The van der Waals surface area contributed by atoms with Gasteiger partial charge >= 0.3 is 0 Å². The molecule has 26 heavy (non-hydrogen) atoms. The van der Waals surface area contributed by atoms with Crippen molar-refractivity contribution in [2.24, 2.45) is 0 Å². The second-order valence-electron chi connectivity index (χ2n) is 5.67. The Bertz CT molecular complexity index is 970. The zero-order valence-corrected chi connectivity index (χ0v) is 15.7. The first-order valence-electron chi connectivity index (χ1n) is 7.98. The van der Waals surface area contributed by atoms with Gasteiger partial charge in [0.2, 0.25) is 5.91 Å². The molecule has 0 saturated heterocycles. The van der Waals surface area contributed by atoms with Crippen LogP contribution in [0.15, 0.2) is 60.7 Å². The lowest BCUT2D eigenvalue weighted by Crippen LogP contribution is -2.35. The summed E-state index contributed by atoms with van der Waals surface area (Å²) in [7, 11) is 1.55. The van der Waals surface area contributed by atoms with Gasteiger partial charge in [-0.15, -0.1) is 0 Å². The summed E-state index contributed by atoms with van der Waals surface area (Å²) in [6.07, 6.45) is 0.243. The zero-order chi connectivity index (χ0) is 18.5. The molecule has 6 heteroatoms. The predicted molar refractivity (Wildman–Crippen MR) is 110 cm³/mol. The number of fused-ring (bicyclic) bond motifs is 1.